The van der Waals surface area contributed by atoms with Crippen LogP contribution in [0.2, 0.25) is 0 Å². The van der Waals surface area contributed by atoms with Crippen LogP contribution in [0.1, 0.15) is 29.5 Å². The molecule has 9 heteroatoms. The second-order valence-corrected chi connectivity index (χ2v) is 8.38. The van der Waals surface area contributed by atoms with Crippen LogP contribution in [0.3, 0.4) is 0 Å². The van der Waals surface area contributed by atoms with Crippen LogP contribution in [-0.2, 0) is 20.9 Å². The highest BCUT2D eigenvalue weighted by Gasteiger charge is 2.22. The van der Waals surface area contributed by atoms with Gasteiger partial charge in [-0.3, -0.25) is 14.4 Å². The van der Waals surface area contributed by atoms with Gasteiger partial charge in [-0.15, -0.1) is 11.3 Å². The molecule has 1 heterocycles. The van der Waals surface area contributed by atoms with Crippen LogP contribution in [0, 0.1) is 19.7 Å². The average molecular weight is 469 g/mol. The second kappa shape index (κ2) is 11.3. The molecule has 3 aromatic rings. The monoisotopic (exact) mass is 468 g/mol. The summed E-state index contributed by atoms with van der Waals surface area (Å²) < 4.78 is 13.1. The molecule has 33 heavy (non-hydrogen) atoms. The van der Waals surface area contributed by atoms with Crippen LogP contribution >= 0.6 is 11.3 Å². The van der Waals surface area contributed by atoms with Gasteiger partial charge in [0.2, 0.25) is 17.7 Å². The molecule has 7 nitrogen and oxygen atoms in total. The Morgan fingerprint density at radius 3 is 2.48 bits per heavy atom. The first kappa shape index (κ1) is 24.1. The molecule has 0 saturated carbocycles. The van der Waals surface area contributed by atoms with Crippen molar-refractivity contribution in [2.75, 3.05) is 16.8 Å². The van der Waals surface area contributed by atoms with E-state index in [9.17, 15) is 18.8 Å². The largest absolute Gasteiger partial charge is 0.350 e. The van der Waals surface area contributed by atoms with E-state index in [1.807, 2.05) is 26.0 Å². The van der Waals surface area contributed by atoms with Crippen LogP contribution in [0.25, 0.3) is 0 Å². The van der Waals surface area contributed by atoms with Gasteiger partial charge in [-0.05, 0) is 48.7 Å². The fourth-order valence-electron chi connectivity index (χ4n) is 3.16. The SMILES string of the molecule is Cc1cccc(N(CC(=O)NCc2ccc(F)cc2)C(=O)CCC(=O)Nc2nccs2)c1C. The number of aryl methyl sites for hydroxylation is 1. The van der Waals surface area contributed by atoms with Gasteiger partial charge in [0.15, 0.2) is 5.13 Å². The lowest BCUT2D eigenvalue weighted by Crippen LogP contribution is -2.41. The molecule has 0 bridgehead atoms. The van der Waals surface area contributed by atoms with E-state index in [-0.39, 0.29) is 49.5 Å². The van der Waals surface area contributed by atoms with E-state index >= 15 is 0 Å². The minimum atomic E-state index is -0.360. The second-order valence-electron chi connectivity index (χ2n) is 7.49. The first-order valence-corrected chi connectivity index (χ1v) is 11.3. The highest BCUT2D eigenvalue weighted by atomic mass is 32.1. The number of rotatable bonds is 9. The van der Waals surface area contributed by atoms with E-state index in [2.05, 4.69) is 15.6 Å². The van der Waals surface area contributed by atoms with Crippen molar-refractivity contribution in [2.24, 2.45) is 0 Å². The normalized spacial score (nSPS) is 10.5. The molecule has 0 spiro atoms. The summed E-state index contributed by atoms with van der Waals surface area (Å²) >= 11 is 1.29. The molecule has 2 N–H and O–H groups in total. The Morgan fingerprint density at radius 2 is 1.79 bits per heavy atom. The Labute approximate surface area is 195 Å². The number of aromatic nitrogens is 1. The maximum atomic E-state index is 13.1. The predicted octanol–water partition coefficient (Wildman–Crippen LogP) is 3.97. The van der Waals surface area contributed by atoms with E-state index in [1.54, 1.807) is 29.8 Å². The molecule has 0 aliphatic heterocycles. The summed E-state index contributed by atoms with van der Waals surface area (Å²) in [5, 5.41) is 7.63. The maximum absolute atomic E-state index is 13.1. The number of hydrogen-bond donors (Lipinski definition) is 2. The molecule has 0 radical (unpaired) electrons. The summed E-state index contributed by atoms with van der Waals surface area (Å²) in [5.41, 5.74) is 3.23. The smallest absolute Gasteiger partial charge is 0.240 e. The minimum Gasteiger partial charge on any atom is -0.350 e. The van der Waals surface area contributed by atoms with Crippen molar-refractivity contribution < 1.29 is 18.8 Å². The number of anilines is 2. The molecule has 2 aromatic carbocycles. The van der Waals surface area contributed by atoms with Gasteiger partial charge < -0.3 is 15.5 Å². The highest BCUT2D eigenvalue weighted by Crippen LogP contribution is 2.24. The van der Waals surface area contributed by atoms with Gasteiger partial charge in [-0.25, -0.2) is 9.37 Å². The molecule has 0 aliphatic rings. The number of nitrogens with zero attached hydrogens (tertiary/aromatic N) is 2. The van der Waals surface area contributed by atoms with Gasteiger partial charge in [-0.1, -0.05) is 24.3 Å². The summed E-state index contributed by atoms with van der Waals surface area (Å²) in [7, 11) is 0. The summed E-state index contributed by atoms with van der Waals surface area (Å²) in [5.74, 6) is -1.37. The van der Waals surface area contributed by atoms with Crippen LogP contribution in [-0.4, -0.2) is 29.3 Å². The van der Waals surface area contributed by atoms with Gasteiger partial charge in [0.25, 0.3) is 0 Å². The number of amides is 3. The zero-order chi connectivity index (χ0) is 23.8. The van der Waals surface area contributed by atoms with E-state index < -0.39 is 0 Å². The molecular formula is C24H25FN4O3S. The fourth-order valence-corrected chi connectivity index (χ4v) is 3.71. The highest BCUT2D eigenvalue weighted by molar-refractivity contribution is 7.13. The van der Waals surface area contributed by atoms with Crippen LogP contribution in [0.5, 0.6) is 0 Å². The lowest BCUT2D eigenvalue weighted by molar-refractivity contribution is -0.125. The fraction of sp³-hybridized carbons (Fsp3) is 0.250. The molecule has 0 atom stereocenters. The van der Waals surface area contributed by atoms with Crippen molar-refractivity contribution in [1.82, 2.24) is 10.3 Å². The number of thiazole rings is 1. The Balaban J connectivity index is 1.67. The van der Waals surface area contributed by atoms with Crippen molar-refractivity contribution >= 4 is 39.9 Å². The molecule has 3 rings (SSSR count). The first-order valence-electron chi connectivity index (χ1n) is 10.4. The summed E-state index contributed by atoms with van der Waals surface area (Å²) in [6.07, 6.45) is 1.49. The van der Waals surface area contributed by atoms with E-state index in [0.29, 0.717) is 10.8 Å². The standard InChI is InChI=1S/C24H25FN4O3S/c1-16-4-3-5-20(17(16)2)29(15-22(31)27-14-18-6-8-19(25)9-7-18)23(32)11-10-21(30)28-24-26-12-13-33-24/h3-9,12-13H,10-11,14-15H2,1-2H3,(H,27,31)(H,26,28,30). The third-order valence-corrected chi connectivity index (χ3v) is 5.81. The Kier molecular flexibility index (Phi) is 8.26. The zero-order valence-corrected chi connectivity index (χ0v) is 19.2. The minimum absolute atomic E-state index is 0.0308. The number of benzene rings is 2. The average Bonchev–Trinajstić information content (AvgIpc) is 3.30. The van der Waals surface area contributed by atoms with Crippen LogP contribution in [0.4, 0.5) is 15.2 Å². The van der Waals surface area contributed by atoms with E-state index in [1.165, 1.54) is 28.4 Å². The van der Waals surface area contributed by atoms with Crippen molar-refractivity contribution in [3.63, 3.8) is 0 Å². The van der Waals surface area contributed by atoms with E-state index in [0.717, 1.165) is 16.7 Å². The molecule has 0 saturated heterocycles. The summed E-state index contributed by atoms with van der Waals surface area (Å²) in [6.45, 7) is 3.83. The summed E-state index contributed by atoms with van der Waals surface area (Å²) in [4.78, 5) is 43.3. The molecule has 1 aromatic heterocycles. The molecule has 0 aliphatic carbocycles. The third-order valence-electron chi connectivity index (χ3n) is 5.12. The molecular weight excluding hydrogens is 443 g/mol. The van der Waals surface area contributed by atoms with Crippen LogP contribution in [0.15, 0.2) is 54.0 Å². The summed E-state index contributed by atoms with van der Waals surface area (Å²) in [6, 6.07) is 11.4. The zero-order valence-electron chi connectivity index (χ0n) is 18.4. The van der Waals surface area contributed by atoms with Crippen molar-refractivity contribution in [3.8, 4) is 0 Å². The Bertz CT molecular complexity index is 1120. The Morgan fingerprint density at radius 1 is 1.03 bits per heavy atom. The number of carbonyl (C=O) groups excluding carboxylic acids is 3. The first-order chi connectivity index (χ1) is 15.8. The number of halogens is 1. The molecule has 0 unspecified atom stereocenters. The van der Waals surface area contributed by atoms with Gasteiger partial charge in [0, 0.05) is 36.7 Å². The molecule has 0 fully saturated rings. The number of hydrogen-bond acceptors (Lipinski definition) is 5. The number of carbonyl (C=O) groups is 3. The van der Waals surface area contributed by atoms with Gasteiger partial charge in [0.05, 0.1) is 0 Å². The van der Waals surface area contributed by atoms with Crippen LogP contribution < -0.4 is 15.5 Å². The predicted molar refractivity (Wildman–Crippen MR) is 126 cm³/mol. The lowest BCUT2D eigenvalue weighted by Gasteiger charge is -2.25. The van der Waals surface area contributed by atoms with Gasteiger partial charge in [-0.2, -0.15) is 0 Å². The van der Waals surface area contributed by atoms with Crippen molar-refractivity contribution in [3.05, 3.63) is 76.5 Å². The quantitative estimate of drug-likeness (QED) is 0.497. The third kappa shape index (κ3) is 6.95. The van der Waals surface area contributed by atoms with Crippen molar-refractivity contribution in [2.45, 2.75) is 33.2 Å². The lowest BCUT2D eigenvalue weighted by atomic mass is 10.1. The Hall–Kier alpha value is -3.59. The molecule has 3 amide bonds. The number of nitrogens with one attached hydrogen (secondary N) is 2. The van der Waals surface area contributed by atoms with Gasteiger partial charge >= 0.3 is 0 Å². The topological polar surface area (TPSA) is 91.4 Å². The molecule has 172 valence electrons. The van der Waals surface area contributed by atoms with Gasteiger partial charge in [0.1, 0.15) is 12.4 Å². The van der Waals surface area contributed by atoms with E-state index in [4.69, 9.17) is 0 Å². The maximum Gasteiger partial charge on any atom is 0.240 e. The van der Waals surface area contributed by atoms with Crippen molar-refractivity contribution in [1.29, 1.82) is 0 Å².